The maximum absolute atomic E-state index is 13.7. The summed E-state index contributed by atoms with van der Waals surface area (Å²) in [6.45, 7) is 2.73. The van der Waals surface area contributed by atoms with Crippen LogP contribution in [-0.2, 0) is 17.9 Å². The van der Waals surface area contributed by atoms with Gasteiger partial charge in [-0.15, -0.1) is 0 Å². The van der Waals surface area contributed by atoms with Crippen LogP contribution in [0.2, 0.25) is 0 Å². The number of pyridine rings is 1. The van der Waals surface area contributed by atoms with Crippen molar-refractivity contribution in [2.24, 2.45) is 0 Å². The van der Waals surface area contributed by atoms with E-state index in [0.29, 0.717) is 38.2 Å². The van der Waals surface area contributed by atoms with Gasteiger partial charge >= 0.3 is 0 Å². The van der Waals surface area contributed by atoms with Crippen molar-refractivity contribution < 1.29 is 9.18 Å². The monoisotopic (exact) mass is 496 g/mol. The van der Waals surface area contributed by atoms with Crippen LogP contribution in [0.1, 0.15) is 5.56 Å². The highest BCUT2D eigenvalue weighted by atomic mass is 19.1. The lowest BCUT2D eigenvalue weighted by molar-refractivity contribution is -0.132. The van der Waals surface area contributed by atoms with Gasteiger partial charge in [-0.05, 0) is 35.9 Å². The van der Waals surface area contributed by atoms with Crippen LogP contribution in [0.4, 0.5) is 10.2 Å². The number of anilines is 1. The summed E-state index contributed by atoms with van der Waals surface area (Å²) in [5.74, 6) is 0.444. The van der Waals surface area contributed by atoms with Crippen molar-refractivity contribution in [1.29, 1.82) is 0 Å². The van der Waals surface area contributed by atoms with Gasteiger partial charge in [0.05, 0.1) is 6.20 Å². The summed E-state index contributed by atoms with van der Waals surface area (Å²) < 4.78 is 16.6. The molecule has 0 N–H and O–H groups in total. The first kappa shape index (κ1) is 22.9. The highest BCUT2D eigenvalue weighted by Gasteiger charge is 2.23. The van der Waals surface area contributed by atoms with Crippen LogP contribution in [0.15, 0.2) is 83.9 Å². The molecule has 0 atom stereocenters. The number of para-hydroxylation sites is 1. The molecule has 0 bridgehead atoms. The molecule has 1 saturated heterocycles. The van der Waals surface area contributed by atoms with Gasteiger partial charge in [0, 0.05) is 55.2 Å². The van der Waals surface area contributed by atoms with Crippen molar-refractivity contribution in [3.63, 3.8) is 0 Å². The normalized spacial score (nSPS) is 14.0. The molecule has 1 aliphatic heterocycles. The molecule has 37 heavy (non-hydrogen) atoms. The van der Waals surface area contributed by atoms with E-state index in [0.717, 1.165) is 27.7 Å². The Bertz CT molecular complexity index is 1640. The fourth-order valence-electron chi connectivity index (χ4n) is 5.00. The molecule has 1 amide bonds. The van der Waals surface area contributed by atoms with E-state index in [1.807, 2.05) is 47.0 Å². The molecule has 186 valence electrons. The number of carbonyl (C=O) groups is 1. The fraction of sp³-hybridized carbons (Fsp3) is 0.214. The average Bonchev–Trinajstić information content (AvgIpc) is 3.26. The molecular formula is C28H25FN6O2. The molecule has 8 nitrogen and oxygen atoms in total. The molecule has 0 unspecified atom stereocenters. The van der Waals surface area contributed by atoms with Crippen LogP contribution in [0.25, 0.3) is 21.8 Å². The van der Waals surface area contributed by atoms with E-state index < -0.39 is 0 Å². The van der Waals surface area contributed by atoms with Gasteiger partial charge in [-0.25, -0.2) is 14.1 Å². The first-order valence-electron chi connectivity index (χ1n) is 12.2. The first-order chi connectivity index (χ1) is 18.1. The minimum Gasteiger partial charge on any atom is -0.353 e. The second-order valence-corrected chi connectivity index (χ2v) is 9.16. The highest BCUT2D eigenvalue weighted by molar-refractivity contribution is 6.07. The largest absolute Gasteiger partial charge is 0.353 e. The zero-order valence-corrected chi connectivity index (χ0v) is 20.1. The zero-order chi connectivity index (χ0) is 25.4. The summed E-state index contributed by atoms with van der Waals surface area (Å²) in [6.07, 6.45) is 3.42. The lowest BCUT2D eigenvalue weighted by Gasteiger charge is -2.35. The smallest absolute Gasteiger partial charge is 0.291 e. The van der Waals surface area contributed by atoms with E-state index in [-0.39, 0.29) is 23.8 Å². The third-order valence-electron chi connectivity index (χ3n) is 6.92. The van der Waals surface area contributed by atoms with Crippen LogP contribution in [0.5, 0.6) is 0 Å². The molecule has 0 spiro atoms. The van der Waals surface area contributed by atoms with Gasteiger partial charge in [0.2, 0.25) is 5.91 Å². The standard InChI is InChI=1S/C28H25FN6O2/c29-21-10-8-20(9-11-21)18-34-24-6-2-1-5-22(24)23-17-31-35(28(37)27(23)34)19-26(36)33-15-13-32(14-16-33)25-7-3-4-12-30-25/h1-12,17H,13-16,18-19H2. The number of fused-ring (bicyclic) bond motifs is 3. The van der Waals surface area contributed by atoms with Gasteiger partial charge in [-0.1, -0.05) is 36.4 Å². The second-order valence-electron chi connectivity index (χ2n) is 9.16. The third kappa shape index (κ3) is 4.33. The van der Waals surface area contributed by atoms with Crippen LogP contribution in [-0.4, -0.2) is 56.3 Å². The Morgan fingerprint density at radius 3 is 2.41 bits per heavy atom. The molecule has 2 aromatic carbocycles. The summed E-state index contributed by atoms with van der Waals surface area (Å²) in [5.41, 5.74) is 1.91. The van der Waals surface area contributed by atoms with E-state index in [1.54, 1.807) is 29.4 Å². The number of aromatic nitrogens is 4. The minimum atomic E-state index is -0.323. The van der Waals surface area contributed by atoms with Crippen LogP contribution < -0.4 is 10.5 Å². The van der Waals surface area contributed by atoms with Crippen molar-refractivity contribution in [3.8, 4) is 0 Å². The van der Waals surface area contributed by atoms with E-state index >= 15 is 0 Å². The summed E-state index contributed by atoms with van der Waals surface area (Å²) in [7, 11) is 0. The van der Waals surface area contributed by atoms with Gasteiger partial charge in [0.25, 0.3) is 5.56 Å². The number of halogens is 1. The number of hydrogen-bond acceptors (Lipinski definition) is 5. The molecule has 9 heteroatoms. The van der Waals surface area contributed by atoms with Crippen molar-refractivity contribution in [2.75, 3.05) is 31.1 Å². The Balaban J connectivity index is 1.28. The number of hydrogen-bond donors (Lipinski definition) is 0. The molecule has 3 aromatic heterocycles. The Hall–Kier alpha value is -4.53. The zero-order valence-electron chi connectivity index (χ0n) is 20.1. The molecule has 6 rings (SSSR count). The number of piperazine rings is 1. The number of rotatable bonds is 5. The van der Waals surface area contributed by atoms with Gasteiger partial charge in [0.1, 0.15) is 23.7 Å². The van der Waals surface area contributed by atoms with Crippen molar-refractivity contribution in [3.05, 3.63) is 101 Å². The van der Waals surface area contributed by atoms with Crippen LogP contribution >= 0.6 is 0 Å². The van der Waals surface area contributed by atoms with E-state index in [2.05, 4.69) is 15.0 Å². The number of amides is 1. The molecule has 0 aliphatic carbocycles. The molecule has 1 aliphatic rings. The van der Waals surface area contributed by atoms with Crippen LogP contribution in [0.3, 0.4) is 0 Å². The summed E-state index contributed by atoms with van der Waals surface area (Å²) in [4.78, 5) is 35.1. The average molecular weight is 497 g/mol. The summed E-state index contributed by atoms with van der Waals surface area (Å²) >= 11 is 0. The van der Waals surface area contributed by atoms with Crippen molar-refractivity contribution in [2.45, 2.75) is 13.1 Å². The lowest BCUT2D eigenvalue weighted by Crippen LogP contribution is -2.50. The molecular weight excluding hydrogens is 471 g/mol. The Kier molecular flexibility index (Phi) is 5.88. The minimum absolute atomic E-state index is 0.129. The summed E-state index contributed by atoms with van der Waals surface area (Å²) in [6, 6.07) is 19.8. The van der Waals surface area contributed by atoms with Gasteiger partial charge in [-0.3, -0.25) is 9.59 Å². The number of nitrogens with zero attached hydrogens (tertiary/aromatic N) is 6. The molecule has 1 fully saturated rings. The van der Waals surface area contributed by atoms with E-state index in [9.17, 15) is 14.0 Å². The Morgan fingerprint density at radius 2 is 1.65 bits per heavy atom. The van der Waals surface area contributed by atoms with E-state index in [1.165, 1.54) is 16.8 Å². The molecule has 0 saturated carbocycles. The van der Waals surface area contributed by atoms with Gasteiger partial charge < -0.3 is 14.4 Å². The Morgan fingerprint density at radius 1 is 0.892 bits per heavy atom. The SMILES string of the molecule is O=C(Cn1ncc2c3ccccc3n(Cc3ccc(F)cc3)c2c1=O)N1CCN(c2ccccn2)CC1. The highest BCUT2D eigenvalue weighted by Crippen LogP contribution is 2.27. The molecule has 4 heterocycles. The van der Waals surface area contributed by atoms with Gasteiger partial charge in [0.15, 0.2) is 0 Å². The van der Waals surface area contributed by atoms with Crippen molar-refractivity contribution >= 4 is 33.5 Å². The topological polar surface area (TPSA) is 76.3 Å². The van der Waals surface area contributed by atoms with Crippen LogP contribution in [0, 0.1) is 5.82 Å². The summed E-state index contributed by atoms with van der Waals surface area (Å²) in [5, 5.41) is 6.00. The fourth-order valence-corrected chi connectivity index (χ4v) is 5.00. The molecule has 0 radical (unpaired) electrons. The second kappa shape index (κ2) is 9.50. The number of carbonyl (C=O) groups excluding carboxylic acids is 1. The van der Waals surface area contributed by atoms with Crippen molar-refractivity contribution in [1.82, 2.24) is 24.2 Å². The Labute approximate surface area is 212 Å². The first-order valence-corrected chi connectivity index (χ1v) is 12.2. The predicted molar refractivity (Wildman–Crippen MR) is 140 cm³/mol. The number of benzene rings is 2. The predicted octanol–water partition coefficient (Wildman–Crippen LogP) is 3.28. The maximum atomic E-state index is 13.7. The maximum Gasteiger partial charge on any atom is 0.291 e. The van der Waals surface area contributed by atoms with E-state index in [4.69, 9.17) is 0 Å². The molecule has 5 aromatic rings. The lowest BCUT2D eigenvalue weighted by atomic mass is 10.2. The quantitative estimate of drug-likeness (QED) is 0.373. The third-order valence-corrected chi connectivity index (χ3v) is 6.92. The van der Waals surface area contributed by atoms with Gasteiger partial charge in [-0.2, -0.15) is 5.10 Å².